The van der Waals surface area contributed by atoms with Crippen molar-refractivity contribution >= 4 is 21.4 Å². The summed E-state index contributed by atoms with van der Waals surface area (Å²) in [4.78, 5) is 0.285. The van der Waals surface area contributed by atoms with Gasteiger partial charge in [-0.3, -0.25) is 9.29 Å². The predicted molar refractivity (Wildman–Crippen MR) is 156 cm³/mol. The molecule has 41 heavy (non-hydrogen) atoms. The van der Waals surface area contributed by atoms with Gasteiger partial charge in [0.2, 0.25) is 0 Å². The van der Waals surface area contributed by atoms with Crippen molar-refractivity contribution in [3.05, 3.63) is 95.7 Å². The lowest BCUT2D eigenvalue weighted by Gasteiger charge is -2.40. The third-order valence-corrected chi connectivity index (χ3v) is 8.53. The molecule has 0 radical (unpaired) electrons. The number of benzene rings is 2. The molecule has 0 spiro atoms. The largest absolute Gasteiger partial charge is 0.489 e. The summed E-state index contributed by atoms with van der Waals surface area (Å²) >= 11 is 0. The van der Waals surface area contributed by atoms with Gasteiger partial charge in [-0.05, 0) is 97.2 Å². The number of hydrogen-bond donors (Lipinski definition) is 1. The van der Waals surface area contributed by atoms with Crippen molar-refractivity contribution < 1.29 is 28.6 Å². The lowest BCUT2D eigenvalue weighted by atomic mass is 9.90. The lowest BCUT2D eigenvalue weighted by molar-refractivity contribution is 0.198. The van der Waals surface area contributed by atoms with Crippen molar-refractivity contribution in [3.8, 4) is 5.75 Å². The Morgan fingerprint density at radius 1 is 0.976 bits per heavy atom. The van der Waals surface area contributed by atoms with Gasteiger partial charge in [-0.1, -0.05) is 61.9 Å². The van der Waals surface area contributed by atoms with Crippen LogP contribution in [0.5, 0.6) is 5.75 Å². The van der Waals surface area contributed by atoms with Crippen LogP contribution in [0.2, 0.25) is 0 Å². The molecule has 1 unspecified atom stereocenters. The van der Waals surface area contributed by atoms with Crippen molar-refractivity contribution in [3.63, 3.8) is 0 Å². The van der Waals surface area contributed by atoms with E-state index in [9.17, 15) is 23.8 Å². The standard InChI is InChI=1S/C31H36F6N2OS/c1-2-5-26(38)20-23-6-3-7-30(24-10-14-29(15-11-24)41(33,34,35,36)37)31(21-23)25-8-12-27(13-9-25)40-28-16-19-39(22-28)18-4-17-32/h2,5,8-15,20,28H,1,3-4,6-7,16-19,21-22,38H2/b23-20-,26-5+. The second-order valence-electron chi connectivity index (χ2n) is 10.6. The third kappa shape index (κ3) is 8.45. The molecule has 1 fully saturated rings. The number of rotatable bonds is 10. The topological polar surface area (TPSA) is 38.5 Å². The van der Waals surface area contributed by atoms with Crippen LogP contribution >= 0.6 is 10.2 Å². The Kier molecular flexibility index (Phi) is 8.76. The summed E-state index contributed by atoms with van der Waals surface area (Å²) in [5.41, 5.74) is 10.7. The average Bonchev–Trinajstić information content (AvgIpc) is 3.24. The van der Waals surface area contributed by atoms with Gasteiger partial charge in [-0.25, -0.2) is 0 Å². The summed E-state index contributed by atoms with van der Waals surface area (Å²) in [6, 6.07) is 10.8. The molecule has 4 rings (SSSR count). The van der Waals surface area contributed by atoms with E-state index in [2.05, 4.69) is 11.5 Å². The van der Waals surface area contributed by atoms with E-state index >= 15 is 0 Å². The first-order chi connectivity index (χ1) is 19.2. The Labute approximate surface area is 237 Å². The molecule has 1 aliphatic carbocycles. The van der Waals surface area contributed by atoms with Crippen molar-refractivity contribution in [1.82, 2.24) is 4.90 Å². The number of likely N-dealkylation sites (tertiary alicyclic amines) is 1. The molecule has 2 N–H and O–H groups in total. The van der Waals surface area contributed by atoms with E-state index in [1.165, 1.54) is 0 Å². The molecule has 224 valence electrons. The monoisotopic (exact) mass is 598 g/mol. The number of allylic oxidation sites excluding steroid dienone is 6. The van der Waals surface area contributed by atoms with Gasteiger partial charge in [0.1, 0.15) is 16.7 Å². The Balaban J connectivity index is 1.65. The summed E-state index contributed by atoms with van der Waals surface area (Å²) in [6.45, 7) is 5.63. The average molecular weight is 599 g/mol. The van der Waals surface area contributed by atoms with Gasteiger partial charge in [0, 0.05) is 25.3 Å². The number of halogens is 6. The predicted octanol–water partition coefficient (Wildman–Crippen LogP) is 9.60. The normalized spacial score (nSPS) is 21.9. The first-order valence-corrected chi connectivity index (χ1v) is 15.6. The van der Waals surface area contributed by atoms with Crippen molar-refractivity contribution in [1.29, 1.82) is 0 Å². The van der Waals surface area contributed by atoms with Crippen molar-refractivity contribution in [2.75, 3.05) is 26.3 Å². The molecule has 1 heterocycles. The second-order valence-corrected chi connectivity index (χ2v) is 13.0. The highest BCUT2D eigenvalue weighted by Gasteiger charge is 2.65. The Hall–Kier alpha value is -3.11. The van der Waals surface area contributed by atoms with E-state index in [0.29, 0.717) is 54.9 Å². The molecule has 10 heteroatoms. The van der Waals surface area contributed by atoms with Gasteiger partial charge in [0.25, 0.3) is 0 Å². The van der Waals surface area contributed by atoms with Gasteiger partial charge in [-0.15, -0.1) is 0 Å². The van der Waals surface area contributed by atoms with Crippen LogP contribution in [0.25, 0.3) is 11.1 Å². The van der Waals surface area contributed by atoms with E-state index in [0.717, 1.165) is 66.8 Å². The highest BCUT2D eigenvalue weighted by atomic mass is 32.5. The number of nitrogens with zero attached hydrogens (tertiary/aromatic N) is 1. The van der Waals surface area contributed by atoms with Crippen LogP contribution < -0.4 is 10.5 Å². The SMILES string of the molecule is C=C/C=C(N)\C=C1\CCCC(c2ccc(S(F)(F)(F)(F)F)cc2)=C(c2ccc(OC3CCN(CCCF)C3)cc2)C1. The lowest BCUT2D eigenvalue weighted by Crippen LogP contribution is -2.26. The molecule has 0 saturated carbocycles. The molecule has 1 aliphatic heterocycles. The number of ether oxygens (including phenoxy) is 1. The zero-order chi connectivity index (χ0) is 29.7. The Morgan fingerprint density at radius 2 is 1.63 bits per heavy atom. The van der Waals surface area contributed by atoms with E-state index in [-0.39, 0.29) is 12.8 Å². The summed E-state index contributed by atoms with van der Waals surface area (Å²) in [7, 11) is -9.77. The molecule has 2 aliphatic rings. The molecule has 1 atom stereocenters. The number of nitrogens with two attached hydrogens (primary N) is 1. The first-order valence-electron chi connectivity index (χ1n) is 13.7. The maximum Gasteiger partial charge on any atom is 0.310 e. The molecule has 0 aromatic heterocycles. The van der Waals surface area contributed by atoms with Gasteiger partial charge in [-0.2, -0.15) is 0 Å². The van der Waals surface area contributed by atoms with E-state index in [4.69, 9.17) is 10.5 Å². The van der Waals surface area contributed by atoms with Crippen LogP contribution in [0, 0.1) is 0 Å². The molecule has 2 aromatic rings. The van der Waals surface area contributed by atoms with Gasteiger partial charge >= 0.3 is 10.2 Å². The smallest absolute Gasteiger partial charge is 0.310 e. The van der Waals surface area contributed by atoms with Gasteiger partial charge < -0.3 is 10.5 Å². The first kappa shape index (κ1) is 30.8. The van der Waals surface area contributed by atoms with E-state index in [1.54, 1.807) is 12.2 Å². The maximum atomic E-state index is 13.4. The van der Waals surface area contributed by atoms with Crippen LogP contribution in [0.15, 0.2) is 89.5 Å². The maximum absolute atomic E-state index is 13.4. The van der Waals surface area contributed by atoms with Crippen LogP contribution in [-0.4, -0.2) is 37.3 Å². The Bertz CT molecular complexity index is 1330. The summed E-state index contributed by atoms with van der Waals surface area (Å²) in [5, 5.41) is 0. The van der Waals surface area contributed by atoms with Crippen molar-refractivity contribution in [2.45, 2.75) is 49.5 Å². The minimum absolute atomic E-state index is 0.00929. The number of hydrogen-bond acceptors (Lipinski definition) is 3. The minimum atomic E-state index is -9.77. The molecular weight excluding hydrogens is 562 g/mol. The molecule has 3 nitrogen and oxygen atoms in total. The van der Waals surface area contributed by atoms with Gasteiger partial charge in [0.15, 0.2) is 0 Å². The molecule has 0 bridgehead atoms. The fourth-order valence-corrected chi connectivity index (χ4v) is 6.07. The highest BCUT2D eigenvalue weighted by Crippen LogP contribution is 3.02. The third-order valence-electron chi connectivity index (χ3n) is 7.36. The summed E-state index contributed by atoms with van der Waals surface area (Å²) in [6.07, 6.45) is 9.03. The van der Waals surface area contributed by atoms with Crippen LogP contribution in [0.3, 0.4) is 0 Å². The molecule has 1 saturated heterocycles. The fraction of sp³-hybridized carbons (Fsp3) is 0.355. The summed E-state index contributed by atoms with van der Waals surface area (Å²) < 4.78 is 85.4. The van der Waals surface area contributed by atoms with Gasteiger partial charge in [0.05, 0.1) is 6.67 Å². The minimum Gasteiger partial charge on any atom is -0.489 e. The molecule has 0 amide bonds. The van der Waals surface area contributed by atoms with Crippen LogP contribution in [0.4, 0.5) is 23.8 Å². The second kappa shape index (κ2) is 11.6. The van der Waals surface area contributed by atoms with Crippen molar-refractivity contribution in [2.24, 2.45) is 5.73 Å². The zero-order valence-electron chi connectivity index (χ0n) is 22.8. The highest BCUT2D eigenvalue weighted by molar-refractivity contribution is 8.45. The van der Waals surface area contributed by atoms with E-state index < -0.39 is 15.1 Å². The zero-order valence-corrected chi connectivity index (χ0v) is 23.6. The quantitative estimate of drug-likeness (QED) is 0.219. The number of alkyl halides is 1. The summed E-state index contributed by atoms with van der Waals surface area (Å²) in [5.74, 6) is 0.691. The molecular formula is C31H36F6N2OS. The van der Waals surface area contributed by atoms with Crippen LogP contribution in [0.1, 0.15) is 49.7 Å². The van der Waals surface area contributed by atoms with E-state index in [1.807, 2.05) is 30.3 Å². The molecule has 2 aromatic carbocycles. The fourth-order valence-electron chi connectivity index (χ4n) is 5.42. The van der Waals surface area contributed by atoms with Crippen LogP contribution in [-0.2, 0) is 0 Å². The Morgan fingerprint density at radius 3 is 2.27 bits per heavy atom.